The Balaban J connectivity index is 1.77. The van der Waals surface area contributed by atoms with E-state index in [1.54, 1.807) is 24.3 Å². The second-order valence-electron chi connectivity index (χ2n) is 5.89. The van der Waals surface area contributed by atoms with E-state index in [9.17, 15) is 19.2 Å². The number of rotatable bonds is 4. The summed E-state index contributed by atoms with van der Waals surface area (Å²) >= 11 is 0. The van der Waals surface area contributed by atoms with E-state index in [0.717, 1.165) is 0 Å². The number of hydrogen-bond acceptors (Lipinski definition) is 4. The van der Waals surface area contributed by atoms with Gasteiger partial charge in [-0.25, -0.2) is 0 Å². The molecule has 2 N–H and O–H groups in total. The number of imide groups is 1. The van der Waals surface area contributed by atoms with E-state index in [-0.39, 0.29) is 30.7 Å². The number of amides is 4. The van der Waals surface area contributed by atoms with E-state index in [2.05, 4.69) is 22.9 Å². The first-order valence-corrected chi connectivity index (χ1v) is 7.91. The maximum Gasteiger partial charge on any atom is 0.255 e. The first-order valence-electron chi connectivity index (χ1n) is 7.91. The average Bonchev–Trinajstić information content (AvgIpc) is 2.91. The Bertz CT molecular complexity index is 824. The molecule has 1 aromatic rings. The highest BCUT2D eigenvalue weighted by atomic mass is 16.2. The summed E-state index contributed by atoms with van der Waals surface area (Å²) in [7, 11) is 0. The normalized spacial score (nSPS) is 19.1. The fourth-order valence-electron chi connectivity index (χ4n) is 3.03. The van der Waals surface area contributed by atoms with Crippen LogP contribution >= 0.6 is 0 Å². The van der Waals surface area contributed by atoms with Crippen LogP contribution in [0.2, 0.25) is 0 Å². The number of hydrogen-bond donors (Lipinski definition) is 2. The largest absolute Gasteiger partial charge is 0.348 e. The average molecular weight is 339 g/mol. The minimum Gasteiger partial charge on any atom is -0.348 e. The summed E-state index contributed by atoms with van der Waals surface area (Å²) in [5.41, 5.74) is 4.18. The summed E-state index contributed by atoms with van der Waals surface area (Å²) < 4.78 is 0. The van der Waals surface area contributed by atoms with Crippen LogP contribution in [0.1, 0.15) is 39.1 Å². The maximum atomic E-state index is 12.6. The first-order chi connectivity index (χ1) is 12.0. The molecule has 7 heteroatoms. The molecule has 1 unspecified atom stereocenters. The van der Waals surface area contributed by atoms with Crippen molar-refractivity contribution in [2.24, 2.45) is 0 Å². The SMILES string of the molecule is C=C=CCNC(=O)c1ccc2c(c1)CN(C1CCC(=O)NC1=O)C2=O. The van der Waals surface area contributed by atoms with Crippen LogP contribution in [-0.2, 0) is 16.1 Å². The fourth-order valence-corrected chi connectivity index (χ4v) is 3.03. The number of nitrogens with zero attached hydrogens (tertiary/aromatic N) is 1. The zero-order chi connectivity index (χ0) is 18.0. The minimum absolute atomic E-state index is 0.209. The quantitative estimate of drug-likeness (QED) is 0.617. The third-order valence-electron chi connectivity index (χ3n) is 4.29. The smallest absolute Gasteiger partial charge is 0.255 e. The van der Waals surface area contributed by atoms with Crippen LogP contribution in [0.15, 0.2) is 36.6 Å². The van der Waals surface area contributed by atoms with Crippen LogP contribution in [0.25, 0.3) is 0 Å². The maximum absolute atomic E-state index is 12.6. The molecule has 2 heterocycles. The highest BCUT2D eigenvalue weighted by molar-refractivity contribution is 6.06. The van der Waals surface area contributed by atoms with Crippen LogP contribution < -0.4 is 10.6 Å². The van der Waals surface area contributed by atoms with Crippen molar-refractivity contribution in [2.45, 2.75) is 25.4 Å². The summed E-state index contributed by atoms with van der Waals surface area (Å²) in [5, 5.41) is 4.95. The number of piperidine rings is 1. The Morgan fingerprint density at radius 1 is 1.40 bits per heavy atom. The van der Waals surface area contributed by atoms with E-state index in [1.807, 2.05) is 0 Å². The number of carbonyl (C=O) groups excluding carboxylic acids is 4. The van der Waals surface area contributed by atoms with Crippen LogP contribution in [-0.4, -0.2) is 41.1 Å². The van der Waals surface area contributed by atoms with Crippen molar-refractivity contribution in [1.82, 2.24) is 15.5 Å². The highest BCUT2D eigenvalue weighted by Crippen LogP contribution is 2.28. The molecule has 4 amide bonds. The van der Waals surface area contributed by atoms with Gasteiger partial charge in [0.15, 0.2) is 0 Å². The van der Waals surface area contributed by atoms with Gasteiger partial charge < -0.3 is 10.2 Å². The Labute approximate surface area is 144 Å². The second kappa shape index (κ2) is 6.75. The van der Waals surface area contributed by atoms with Gasteiger partial charge in [-0.2, -0.15) is 0 Å². The Hall–Kier alpha value is -3.18. The Kier molecular flexibility index (Phi) is 4.50. The zero-order valence-electron chi connectivity index (χ0n) is 13.5. The van der Waals surface area contributed by atoms with Crippen molar-refractivity contribution in [3.05, 3.63) is 53.3 Å². The molecule has 0 aliphatic carbocycles. The van der Waals surface area contributed by atoms with Gasteiger partial charge in [0.25, 0.3) is 11.8 Å². The summed E-state index contributed by atoms with van der Waals surface area (Å²) in [6.45, 7) is 3.99. The van der Waals surface area contributed by atoms with Crippen LogP contribution in [0.5, 0.6) is 0 Å². The lowest BCUT2D eigenvalue weighted by Crippen LogP contribution is -2.52. The molecule has 1 saturated heterocycles. The van der Waals surface area contributed by atoms with Crippen molar-refractivity contribution in [3.63, 3.8) is 0 Å². The molecule has 3 rings (SSSR count). The third-order valence-corrected chi connectivity index (χ3v) is 4.29. The van der Waals surface area contributed by atoms with Gasteiger partial charge in [0.1, 0.15) is 6.04 Å². The molecule has 1 aromatic carbocycles. The standard InChI is InChI=1S/C18H17N3O4/c1-2-3-8-19-16(23)11-4-5-13-12(9-11)10-21(18(13)25)14-6-7-15(22)20-17(14)24/h3-5,9,14H,1,6-8,10H2,(H,19,23)(H,20,22,24). The van der Waals surface area contributed by atoms with Gasteiger partial charge in [-0.3, -0.25) is 24.5 Å². The van der Waals surface area contributed by atoms with Crippen molar-refractivity contribution in [1.29, 1.82) is 0 Å². The van der Waals surface area contributed by atoms with E-state index in [4.69, 9.17) is 0 Å². The van der Waals surface area contributed by atoms with Gasteiger partial charge in [0.05, 0.1) is 0 Å². The highest BCUT2D eigenvalue weighted by Gasteiger charge is 2.39. The molecule has 0 bridgehead atoms. The number of fused-ring (bicyclic) bond motifs is 1. The zero-order valence-corrected chi connectivity index (χ0v) is 13.5. The summed E-state index contributed by atoms with van der Waals surface area (Å²) in [5.74, 6) is -1.29. The molecule has 128 valence electrons. The van der Waals surface area contributed by atoms with Gasteiger partial charge in [-0.1, -0.05) is 6.58 Å². The molecule has 1 atom stereocenters. The third kappa shape index (κ3) is 3.22. The van der Waals surface area contributed by atoms with E-state index in [0.29, 0.717) is 29.7 Å². The molecule has 0 radical (unpaired) electrons. The predicted molar refractivity (Wildman–Crippen MR) is 88.5 cm³/mol. The fraction of sp³-hybridized carbons (Fsp3) is 0.278. The monoisotopic (exact) mass is 339 g/mol. The molecule has 7 nitrogen and oxygen atoms in total. The summed E-state index contributed by atoms with van der Waals surface area (Å²) in [6, 6.07) is 4.18. The molecule has 2 aliphatic heterocycles. The molecule has 1 fully saturated rings. The molecule has 25 heavy (non-hydrogen) atoms. The lowest BCUT2D eigenvalue weighted by Gasteiger charge is -2.29. The minimum atomic E-state index is -0.660. The van der Waals surface area contributed by atoms with Gasteiger partial charge >= 0.3 is 0 Å². The Morgan fingerprint density at radius 3 is 2.92 bits per heavy atom. The lowest BCUT2D eigenvalue weighted by molar-refractivity contribution is -0.136. The van der Waals surface area contributed by atoms with Crippen LogP contribution in [0, 0.1) is 0 Å². The molecule has 0 aromatic heterocycles. The van der Waals surface area contributed by atoms with Gasteiger partial charge in [-0.05, 0) is 36.3 Å². The number of nitrogens with one attached hydrogen (secondary N) is 2. The molecule has 2 aliphatic rings. The van der Waals surface area contributed by atoms with Crippen molar-refractivity contribution >= 4 is 23.6 Å². The topological polar surface area (TPSA) is 95.6 Å². The molecule has 0 spiro atoms. The first kappa shape index (κ1) is 16.7. The van der Waals surface area contributed by atoms with Crippen molar-refractivity contribution < 1.29 is 19.2 Å². The molecule has 0 saturated carbocycles. The Morgan fingerprint density at radius 2 is 2.20 bits per heavy atom. The summed E-state index contributed by atoms with van der Waals surface area (Å²) in [6.07, 6.45) is 2.12. The number of carbonyl (C=O) groups is 4. The molecular weight excluding hydrogens is 322 g/mol. The van der Waals surface area contributed by atoms with E-state index >= 15 is 0 Å². The van der Waals surface area contributed by atoms with E-state index in [1.165, 1.54) is 4.90 Å². The van der Waals surface area contributed by atoms with Gasteiger partial charge in [0, 0.05) is 30.6 Å². The summed E-state index contributed by atoms with van der Waals surface area (Å²) in [4.78, 5) is 49.4. The lowest BCUT2D eigenvalue weighted by atomic mass is 10.0. The van der Waals surface area contributed by atoms with E-state index < -0.39 is 11.9 Å². The van der Waals surface area contributed by atoms with Crippen LogP contribution in [0.4, 0.5) is 0 Å². The molecular formula is C18H17N3O4. The predicted octanol–water partition coefficient (Wildman–Crippen LogP) is 0.518. The van der Waals surface area contributed by atoms with Crippen molar-refractivity contribution in [2.75, 3.05) is 6.54 Å². The number of benzene rings is 1. The van der Waals surface area contributed by atoms with Crippen LogP contribution in [0.3, 0.4) is 0 Å². The van der Waals surface area contributed by atoms with Gasteiger partial charge in [0.2, 0.25) is 11.8 Å². The second-order valence-corrected chi connectivity index (χ2v) is 5.89. The van der Waals surface area contributed by atoms with Crippen molar-refractivity contribution in [3.8, 4) is 0 Å². The van der Waals surface area contributed by atoms with Gasteiger partial charge in [-0.15, -0.1) is 5.73 Å².